The Hall–Kier alpha value is -2.62. The summed E-state index contributed by atoms with van der Waals surface area (Å²) in [5.74, 6) is 1.34. The summed E-state index contributed by atoms with van der Waals surface area (Å²) in [5, 5.41) is 4.01. The summed E-state index contributed by atoms with van der Waals surface area (Å²) in [6, 6.07) is 17.8. The van der Waals surface area contributed by atoms with Gasteiger partial charge in [-0.25, -0.2) is 0 Å². The first-order chi connectivity index (χ1) is 9.79. The summed E-state index contributed by atoms with van der Waals surface area (Å²) >= 11 is 0. The fraction of sp³-hybridized carbons (Fsp3) is 0.125. The molecule has 2 aromatic carbocycles. The maximum absolute atomic E-state index is 5.66. The number of aromatic nitrogens is 2. The highest BCUT2D eigenvalue weighted by Gasteiger charge is 2.07. The molecule has 0 radical (unpaired) electrons. The second-order valence-electron chi connectivity index (χ2n) is 4.69. The smallest absolute Gasteiger partial charge is 0.231 e. The van der Waals surface area contributed by atoms with Crippen LogP contribution in [0.2, 0.25) is 0 Å². The van der Waals surface area contributed by atoms with Crippen molar-refractivity contribution in [2.45, 2.75) is 12.8 Å². The second-order valence-corrected chi connectivity index (χ2v) is 4.69. The lowest BCUT2D eigenvalue weighted by molar-refractivity contribution is 0.380. The Balaban J connectivity index is 1.69. The Morgan fingerprint density at radius 2 is 1.55 bits per heavy atom. The molecule has 20 heavy (non-hydrogen) atoms. The van der Waals surface area contributed by atoms with Crippen LogP contribution in [-0.2, 0) is 12.8 Å². The van der Waals surface area contributed by atoms with Crippen LogP contribution in [0.1, 0.15) is 22.8 Å². The van der Waals surface area contributed by atoms with Gasteiger partial charge < -0.3 is 10.3 Å². The maximum atomic E-state index is 5.66. The van der Waals surface area contributed by atoms with E-state index in [9.17, 15) is 0 Å². The summed E-state index contributed by atoms with van der Waals surface area (Å²) in [5.41, 5.74) is 8.70. The van der Waals surface area contributed by atoms with Gasteiger partial charge in [0.2, 0.25) is 5.89 Å². The fourth-order valence-corrected chi connectivity index (χ4v) is 2.02. The highest BCUT2D eigenvalue weighted by atomic mass is 16.5. The van der Waals surface area contributed by atoms with E-state index < -0.39 is 0 Å². The van der Waals surface area contributed by atoms with E-state index in [1.807, 2.05) is 54.6 Å². The minimum Gasteiger partial charge on any atom is -0.399 e. The minimum absolute atomic E-state index is 0.640. The van der Waals surface area contributed by atoms with Crippen molar-refractivity contribution in [1.29, 1.82) is 0 Å². The van der Waals surface area contributed by atoms with Crippen molar-refractivity contribution in [3.8, 4) is 0 Å². The van der Waals surface area contributed by atoms with Gasteiger partial charge in [0.05, 0.1) is 6.42 Å². The molecule has 0 bridgehead atoms. The molecule has 0 saturated carbocycles. The van der Waals surface area contributed by atoms with Crippen LogP contribution in [0.3, 0.4) is 0 Å². The lowest BCUT2D eigenvalue weighted by Crippen LogP contribution is -1.93. The Morgan fingerprint density at radius 1 is 0.850 bits per heavy atom. The van der Waals surface area contributed by atoms with Crippen LogP contribution in [0.5, 0.6) is 0 Å². The lowest BCUT2D eigenvalue weighted by atomic mass is 10.1. The predicted octanol–water partition coefficient (Wildman–Crippen LogP) is 2.83. The van der Waals surface area contributed by atoms with Gasteiger partial charge in [0, 0.05) is 12.1 Å². The molecule has 0 amide bonds. The third kappa shape index (κ3) is 3.03. The van der Waals surface area contributed by atoms with Crippen LogP contribution in [0.15, 0.2) is 59.1 Å². The number of rotatable bonds is 4. The lowest BCUT2D eigenvalue weighted by Gasteiger charge is -1.97. The molecule has 0 unspecified atom stereocenters. The van der Waals surface area contributed by atoms with E-state index in [4.69, 9.17) is 10.3 Å². The van der Waals surface area contributed by atoms with Gasteiger partial charge in [-0.15, -0.1) is 0 Å². The summed E-state index contributed by atoms with van der Waals surface area (Å²) in [7, 11) is 0. The molecular weight excluding hydrogens is 250 g/mol. The zero-order valence-corrected chi connectivity index (χ0v) is 11.0. The van der Waals surface area contributed by atoms with Gasteiger partial charge in [-0.2, -0.15) is 4.98 Å². The van der Waals surface area contributed by atoms with E-state index >= 15 is 0 Å². The quantitative estimate of drug-likeness (QED) is 0.737. The normalized spacial score (nSPS) is 10.6. The largest absolute Gasteiger partial charge is 0.399 e. The number of hydrogen-bond donors (Lipinski definition) is 1. The van der Waals surface area contributed by atoms with Gasteiger partial charge in [0.15, 0.2) is 5.82 Å². The summed E-state index contributed by atoms with van der Waals surface area (Å²) in [6.45, 7) is 0. The minimum atomic E-state index is 0.640. The summed E-state index contributed by atoms with van der Waals surface area (Å²) in [4.78, 5) is 4.41. The molecule has 0 aliphatic rings. The van der Waals surface area contributed by atoms with Crippen LogP contribution in [0, 0.1) is 0 Å². The Bertz CT molecular complexity index is 674. The van der Waals surface area contributed by atoms with E-state index in [0.717, 1.165) is 16.8 Å². The van der Waals surface area contributed by atoms with Crippen LogP contribution in [0.4, 0.5) is 5.69 Å². The number of nitrogens with two attached hydrogens (primary N) is 1. The van der Waals surface area contributed by atoms with Crippen molar-refractivity contribution in [2.75, 3.05) is 5.73 Å². The molecule has 1 aromatic heterocycles. The number of hydrogen-bond acceptors (Lipinski definition) is 4. The van der Waals surface area contributed by atoms with Crippen LogP contribution >= 0.6 is 0 Å². The molecule has 4 nitrogen and oxygen atoms in total. The molecule has 2 N–H and O–H groups in total. The van der Waals surface area contributed by atoms with Gasteiger partial charge in [0.25, 0.3) is 0 Å². The Morgan fingerprint density at radius 3 is 2.30 bits per heavy atom. The molecule has 0 saturated heterocycles. The first-order valence-corrected chi connectivity index (χ1v) is 6.49. The topological polar surface area (TPSA) is 64.9 Å². The van der Waals surface area contributed by atoms with Gasteiger partial charge >= 0.3 is 0 Å². The van der Waals surface area contributed by atoms with Gasteiger partial charge in [-0.05, 0) is 23.3 Å². The third-order valence-electron chi connectivity index (χ3n) is 3.05. The van der Waals surface area contributed by atoms with Crippen molar-refractivity contribution in [3.05, 3.63) is 77.4 Å². The third-order valence-corrected chi connectivity index (χ3v) is 3.05. The molecule has 3 aromatic rings. The van der Waals surface area contributed by atoms with E-state index in [0.29, 0.717) is 24.6 Å². The molecule has 0 aliphatic carbocycles. The highest BCUT2D eigenvalue weighted by Crippen LogP contribution is 2.11. The van der Waals surface area contributed by atoms with Crippen LogP contribution < -0.4 is 5.73 Å². The average molecular weight is 265 g/mol. The van der Waals surface area contributed by atoms with Crippen molar-refractivity contribution < 1.29 is 4.52 Å². The second kappa shape index (κ2) is 5.57. The molecule has 0 atom stereocenters. The molecule has 3 rings (SSSR count). The number of nitrogens with zero attached hydrogens (tertiary/aromatic N) is 2. The Labute approximate surface area is 117 Å². The van der Waals surface area contributed by atoms with Crippen molar-refractivity contribution in [1.82, 2.24) is 10.1 Å². The van der Waals surface area contributed by atoms with E-state index in [1.54, 1.807) is 0 Å². The van der Waals surface area contributed by atoms with Crippen molar-refractivity contribution in [2.24, 2.45) is 0 Å². The molecule has 0 aliphatic heterocycles. The first kappa shape index (κ1) is 12.4. The van der Waals surface area contributed by atoms with Gasteiger partial charge in [-0.3, -0.25) is 0 Å². The maximum Gasteiger partial charge on any atom is 0.231 e. The zero-order chi connectivity index (χ0) is 13.8. The fourth-order valence-electron chi connectivity index (χ4n) is 2.02. The predicted molar refractivity (Wildman–Crippen MR) is 77.2 cm³/mol. The first-order valence-electron chi connectivity index (χ1n) is 6.49. The molecule has 0 spiro atoms. The van der Waals surface area contributed by atoms with E-state index in [2.05, 4.69) is 10.1 Å². The molecule has 0 fully saturated rings. The van der Waals surface area contributed by atoms with Crippen molar-refractivity contribution >= 4 is 5.69 Å². The molecule has 4 heteroatoms. The monoisotopic (exact) mass is 265 g/mol. The van der Waals surface area contributed by atoms with Gasteiger partial charge in [0.1, 0.15) is 0 Å². The zero-order valence-electron chi connectivity index (χ0n) is 11.0. The molecule has 100 valence electrons. The number of anilines is 1. The van der Waals surface area contributed by atoms with Crippen LogP contribution in [0.25, 0.3) is 0 Å². The SMILES string of the molecule is Nc1ccc(Cc2noc(Cc3ccccc3)n2)cc1. The average Bonchev–Trinajstić information content (AvgIpc) is 2.90. The van der Waals surface area contributed by atoms with Crippen LogP contribution in [-0.4, -0.2) is 10.1 Å². The summed E-state index contributed by atoms with van der Waals surface area (Å²) < 4.78 is 5.28. The summed E-state index contributed by atoms with van der Waals surface area (Å²) in [6.07, 6.45) is 1.31. The molecular formula is C16H15N3O. The van der Waals surface area contributed by atoms with Crippen molar-refractivity contribution in [3.63, 3.8) is 0 Å². The number of nitrogen functional groups attached to an aromatic ring is 1. The Kier molecular flexibility index (Phi) is 3.46. The highest BCUT2D eigenvalue weighted by molar-refractivity contribution is 5.39. The van der Waals surface area contributed by atoms with E-state index in [-0.39, 0.29) is 0 Å². The standard InChI is InChI=1S/C16H15N3O/c17-14-8-6-13(7-9-14)10-15-18-16(20-19-15)11-12-4-2-1-3-5-12/h1-9H,10-11,17H2. The molecule has 1 heterocycles. The number of benzene rings is 2. The van der Waals surface area contributed by atoms with E-state index in [1.165, 1.54) is 0 Å². The van der Waals surface area contributed by atoms with Gasteiger partial charge in [-0.1, -0.05) is 47.6 Å².